The third-order valence-electron chi connectivity index (χ3n) is 3.77. The first-order valence-corrected chi connectivity index (χ1v) is 8.89. The SMILES string of the molecule is O=C(N/N=C\C=C\c1ccco1)/C(=C/c1ccccc1)NC(=O)c1ccccc1. The second kappa shape index (κ2) is 10.2. The molecule has 0 fully saturated rings. The van der Waals surface area contributed by atoms with Gasteiger partial charge in [0.05, 0.1) is 6.26 Å². The molecule has 0 radical (unpaired) electrons. The Morgan fingerprint density at radius 1 is 0.897 bits per heavy atom. The molecule has 29 heavy (non-hydrogen) atoms. The van der Waals surface area contributed by atoms with Crippen LogP contribution in [0.15, 0.2) is 100 Å². The Bertz CT molecular complexity index is 1020. The lowest BCUT2D eigenvalue weighted by atomic mass is 10.1. The fourth-order valence-corrected chi connectivity index (χ4v) is 2.38. The third-order valence-corrected chi connectivity index (χ3v) is 3.77. The summed E-state index contributed by atoms with van der Waals surface area (Å²) < 4.78 is 5.16. The highest BCUT2D eigenvalue weighted by Gasteiger charge is 2.14. The van der Waals surface area contributed by atoms with E-state index in [1.165, 1.54) is 6.21 Å². The van der Waals surface area contributed by atoms with Gasteiger partial charge in [0.25, 0.3) is 11.8 Å². The summed E-state index contributed by atoms with van der Waals surface area (Å²) in [4.78, 5) is 25.0. The van der Waals surface area contributed by atoms with Gasteiger partial charge in [-0.05, 0) is 48.1 Å². The number of allylic oxidation sites excluding steroid dienone is 1. The Morgan fingerprint density at radius 3 is 2.31 bits per heavy atom. The molecule has 6 heteroatoms. The van der Waals surface area contributed by atoms with E-state index in [9.17, 15) is 9.59 Å². The van der Waals surface area contributed by atoms with E-state index in [1.807, 2.05) is 36.4 Å². The Morgan fingerprint density at radius 2 is 1.62 bits per heavy atom. The molecular weight excluding hydrogens is 366 g/mol. The minimum atomic E-state index is -0.541. The Labute approximate surface area is 168 Å². The second-order valence-electron chi connectivity index (χ2n) is 5.88. The smallest absolute Gasteiger partial charge is 0.287 e. The normalized spacial score (nSPS) is 11.7. The van der Waals surface area contributed by atoms with Gasteiger partial charge in [0.1, 0.15) is 11.5 Å². The summed E-state index contributed by atoms with van der Waals surface area (Å²) in [6, 6.07) is 21.5. The van der Waals surface area contributed by atoms with Crippen LogP contribution in [0.4, 0.5) is 0 Å². The van der Waals surface area contributed by atoms with Gasteiger partial charge in [-0.15, -0.1) is 0 Å². The first-order chi connectivity index (χ1) is 14.2. The Kier molecular flexibility index (Phi) is 6.90. The number of nitrogens with zero attached hydrogens (tertiary/aromatic N) is 1. The molecule has 0 unspecified atom stereocenters. The molecule has 0 spiro atoms. The summed E-state index contributed by atoms with van der Waals surface area (Å²) in [5.74, 6) is -0.257. The van der Waals surface area contributed by atoms with Gasteiger partial charge in [-0.2, -0.15) is 5.10 Å². The lowest BCUT2D eigenvalue weighted by Crippen LogP contribution is -2.32. The van der Waals surface area contributed by atoms with Crippen molar-refractivity contribution in [2.45, 2.75) is 0 Å². The number of benzene rings is 2. The van der Waals surface area contributed by atoms with Crippen molar-refractivity contribution in [3.8, 4) is 0 Å². The average molecular weight is 385 g/mol. The minimum Gasteiger partial charge on any atom is -0.465 e. The van der Waals surface area contributed by atoms with Crippen LogP contribution in [0.25, 0.3) is 12.2 Å². The topological polar surface area (TPSA) is 83.7 Å². The number of rotatable bonds is 7. The van der Waals surface area contributed by atoms with Crippen molar-refractivity contribution in [3.63, 3.8) is 0 Å². The van der Waals surface area contributed by atoms with Crippen LogP contribution in [0.3, 0.4) is 0 Å². The first-order valence-electron chi connectivity index (χ1n) is 8.89. The van der Waals surface area contributed by atoms with Crippen molar-refractivity contribution in [2.75, 3.05) is 0 Å². The Hall–Kier alpha value is -4.19. The lowest BCUT2D eigenvalue weighted by Gasteiger charge is -2.09. The molecule has 0 aliphatic carbocycles. The molecule has 6 nitrogen and oxygen atoms in total. The molecule has 1 heterocycles. The fraction of sp³-hybridized carbons (Fsp3) is 0. The van der Waals surface area contributed by atoms with Crippen LogP contribution in [-0.4, -0.2) is 18.0 Å². The van der Waals surface area contributed by atoms with E-state index in [2.05, 4.69) is 15.8 Å². The number of carbonyl (C=O) groups is 2. The summed E-state index contributed by atoms with van der Waals surface area (Å²) in [5.41, 5.74) is 3.71. The van der Waals surface area contributed by atoms with E-state index in [0.717, 1.165) is 5.56 Å². The maximum absolute atomic E-state index is 12.6. The first kappa shape index (κ1) is 19.6. The van der Waals surface area contributed by atoms with Crippen LogP contribution in [0.2, 0.25) is 0 Å². The van der Waals surface area contributed by atoms with E-state index in [4.69, 9.17) is 4.42 Å². The van der Waals surface area contributed by atoms with Crippen LogP contribution in [0.1, 0.15) is 21.7 Å². The highest BCUT2D eigenvalue weighted by atomic mass is 16.3. The Balaban J connectivity index is 1.71. The van der Waals surface area contributed by atoms with Crippen molar-refractivity contribution >= 4 is 30.2 Å². The van der Waals surface area contributed by atoms with E-state index < -0.39 is 5.91 Å². The number of carbonyl (C=O) groups excluding carboxylic acids is 2. The molecule has 3 aromatic rings. The van der Waals surface area contributed by atoms with Gasteiger partial charge in [0, 0.05) is 11.8 Å². The zero-order valence-electron chi connectivity index (χ0n) is 15.5. The molecular formula is C23H19N3O3. The van der Waals surface area contributed by atoms with E-state index in [1.54, 1.807) is 60.9 Å². The molecule has 0 aliphatic heterocycles. The maximum atomic E-state index is 12.6. The van der Waals surface area contributed by atoms with Crippen molar-refractivity contribution < 1.29 is 14.0 Å². The molecule has 0 atom stereocenters. The van der Waals surface area contributed by atoms with Crippen molar-refractivity contribution in [2.24, 2.45) is 5.10 Å². The standard InChI is InChI=1S/C23H19N3O3/c27-22(19-11-5-2-6-12-19)25-21(17-18-9-3-1-4-10-18)23(28)26-24-15-7-13-20-14-8-16-29-20/h1-17H,(H,25,27)(H,26,28)/b13-7+,21-17-,24-15-. The monoisotopic (exact) mass is 385 g/mol. The summed E-state index contributed by atoms with van der Waals surface area (Å²) in [6.07, 6.45) is 7.90. The lowest BCUT2D eigenvalue weighted by molar-refractivity contribution is -0.117. The molecule has 0 saturated heterocycles. The number of hydrogen-bond acceptors (Lipinski definition) is 4. The number of furan rings is 1. The molecule has 3 rings (SSSR count). The third kappa shape index (κ3) is 6.18. The highest BCUT2D eigenvalue weighted by molar-refractivity contribution is 6.05. The van der Waals surface area contributed by atoms with Crippen molar-refractivity contribution in [1.82, 2.24) is 10.7 Å². The average Bonchev–Trinajstić information content (AvgIpc) is 3.28. The van der Waals surface area contributed by atoms with Gasteiger partial charge in [-0.25, -0.2) is 5.43 Å². The summed E-state index contributed by atoms with van der Waals surface area (Å²) in [5, 5.41) is 6.52. The van der Waals surface area contributed by atoms with Crippen molar-refractivity contribution in [3.05, 3.63) is 108 Å². The second-order valence-corrected chi connectivity index (χ2v) is 5.88. The summed E-state index contributed by atoms with van der Waals surface area (Å²) >= 11 is 0. The van der Waals surface area contributed by atoms with Gasteiger partial charge in [-0.3, -0.25) is 9.59 Å². The van der Waals surface area contributed by atoms with Crippen LogP contribution < -0.4 is 10.7 Å². The molecule has 2 aromatic carbocycles. The van der Waals surface area contributed by atoms with E-state index in [-0.39, 0.29) is 11.6 Å². The summed E-state index contributed by atoms with van der Waals surface area (Å²) in [7, 11) is 0. The largest absolute Gasteiger partial charge is 0.465 e. The zero-order chi connectivity index (χ0) is 20.3. The molecule has 2 N–H and O–H groups in total. The quantitative estimate of drug-likeness (QED) is 0.368. The van der Waals surface area contributed by atoms with Crippen LogP contribution in [-0.2, 0) is 4.79 Å². The number of hydrazone groups is 1. The highest BCUT2D eigenvalue weighted by Crippen LogP contribution is 2.07. The zero-order valence-corrected chi connectivity index (χ0v) is 15.5. The van der Waals surface area contributed by atoms with Crippen LogP contribution >= 0.6 is 0 Å². The predicted molar refractivity (Wildman–Crippen MR) is 113 cm³/mol. The number of hydrogen-bond donors (Lipinski definition) is 2. The molecule has 1 aromatic heterocycles. The van der Waals surface area contributed by atoms with E-state index in [0.29, 0.717) is 11.3 Å². The van der Waals surface area contributed by atoms with Gasteiger partial charge in [-0.1, -0.05) is 48.5 Å². The van der Waals surface area contributed by atoms with E-state index >= 15 is 0 Å². The fourth-order valence-electron chi connectivity index (χ4n) is 2.38. The minimum absolute atomic E-state index is 0.0808. The molecule has 2 amide bonds. The van der Waals surface area contributed by atoms with Gasteiger partial charge in [0.15, 0.2) is 0 Å². The van der Waals surface area contributed by atoms with Crippen molar-refractivity contribution in [1.29, 1.82) is 0 Å². The molecule has 0 aliphatic rings. The number of amides is 2. The molecule has 0 saturated carbocycles. The van der Waals surface area contributed by atoms with Crippen LogP contribution in [0, 0.1) is 0 Å². The molecule has 144 valence electrons. The van der Waals surface area contributed by atoms with Gasteiger partial charge < -0.3 is 9.73 Å². The van der Waals surface area contributed by atoms with Gasteiger partial charge >= 0.3 is 0 Å². The van der Waals surface area contributed by atoms with Gasteiger partial charge in [0.2, 0.25) is 0 Å². The molecule has 0 bridgehead atoms. The van der Waals surface area contributed by atoms with Crippen LogP contribution in [0.5, 0.6) is 0 Å². The predicted octanol–water partition coefficient (Wildman–Crippen LogP) is 3.87. The number of nitrogens with one attached hydrogen (secondary N) is 2. The maximum Gasteiger partial charge on any atom is 0.287 e. The summed E-state index contributed by atoms with van der Waals surface area (Å²) in [6.45, 7) is 0.